The molecule has 1 amide bonds. The summed E-state index contributed by atoms with van der Waals surface area (Å²) in [4.78, 5) is 22.8. The van der Waals surface area contributed by atoms with Gasteiger partial charge in [0.15, 0.2) is 18.1 Å². The van der Waals surface area contributed by atoms with Gasteiger partial charge in [-0.1, -0.05) is 18.2 Å². The average Bonchev–Trinajstić information content (AvgIpc) is 3.07. The predicted molar refractivity (Wildman–Crippen MR) is 83.3 cm³/mol. The zero-order valence-corrected chi connectivity index (χ0v) is 12.7. The molecule has 0 bridgehead atoms. The molecule has 1 aliphatic heterocycles. The molecule has 0 atom stereocenters. The number of rotatable bonds is 6. The number of aliphatic carboxylic acids is 1. The number of amides is 1. The van der Waals surface area contributed by atoms with Gasteiger partial charge in [-0.05, 0) is 29.8 Å². The van der Waals surface area contributed by atoms with Crippen molar-refractivity contribution < 1.29 is 28.9 Å². The molecule has 0 saturated carbocycles. The number of carboxylic acid groups (broad SMARTS) is 1. The largest absolute Gasteiger partial charge is 0.482 e. The fourth-order valence-corrected chi connectivity index (χ4v) is 2.28. The zero-order valence-electron chi connectivity index (χ0n) is 12.7. The third kappa shape index (κ3) is 3.57. The molecule has 0 unspecified atom stereocenters. The molecule has 7 heteroatoms. The SMILES string of the molecule is O=C(O)COc1cccc(CNC(=O)c2cccc3c2OCO3)c1. The highest BCUT2D eigenvalue weighted by Gasteiger charge is 2.21. The van der Waals surface area contributed by atoms with Crippen molar-refractivity contribution in [2.24, 2.45) is 0 Å². The van der Waals surface area contributed by atoms with Gasteiger partial charge in [0.1, 0.15) is 5.75 Å². The minimum Gasteiger partial charge on any atom is -0.482 e. The molecule has 0 aliphatic carbocycles. The maximum Gasteiger partial charge on any atom is 0.341 e. The van der Waals surface area contributed by atoms with Crippen LogP contribution in [-0.4, -0.2) is 30.4 Å². The Balaban J connectivity index is 1.64. The highest BCUT2D eigenvalue weighted by molar-refractivity contribution is 5.97. The molecule has 1 heterocycles. The Morgan fingerprint density at radius 3 is 2.83 bits per heavy atom. The lowest BCUT2D eigenvalue weighted by Crippen LogP contribution is -2.23. The van der Waals surface area contributed by atoms with Crippen LogP contribution < -0.4 is 19.5 Å². The Morgan fingerprint density at radius 2 is 2.00 bits per heavy atom. The second kappa shape index (κ2) is 6.91. The van der Waals surface area contributed by atoms with E-state index >= 15 is 0 Å². The number of ether oxygens (including phenoxy) is 3. The van der Waals surface area contributed by atoms with E-state index in [-0.39, 0.29) is 19.2 Å². The number of nitrogens with one attached hydrogen (secondary N) is 1. The first kappa shape index (κ1) is 15.7. The normalized spacial score (nSPS) is 11.8. The molecule has 0 fully saturated rings. The van der Waals surface area contributed by atoms with Crippen LogP contribution in [0.5, 0.6) is 17.2 Å². The van der Waals surface area contributed by atoms with E-state index in [2.05, 4.69) is 5.32 Å². The van der Waals surface area contributed by atoms with Crippen molar-refractivity contribution >= 4 is 11.9 Å². The first-order valence-corrected chi connectivity index (χ1v) is 7.24. The molecule has 24 heavy (non-hydrogen) atoms. The summed E-state index contributed by atoms with van der Waals surface area (Å²) in [5.74, 6) is 0.0878. The number of hydrogen-bond acceptors (Lipinski definition) is 5. The van der Waals surface area contributed by atoms with Gasteiger partial charge in [0, 0.05) is 6.54 Å². The predicted octanol–water partition coefficient (Wildman–Crippen LogP) is 1.81. The van der Waals surface area contributed by atoms with Gasteiger partial charge in [-0.25, -0.2) is 4.79 Å². The van der Waals surface area contributed by atoms with Crippen LogP contribution in [0.3, 0.4) is 0 Å². The highest BCUT2D eigenvalue weighted by atomic mass is 16.7. The quantitative estimate of drug-likeness (QED) is 0.839. The van der Waals surface area contributed by atoms with E-state index in [4.69, 9.17) is 19.3 Å². The minimum atomic E-state index is -1.05. The topological polar surface area (TPSA) is 94.1 Å². The van der Waals surface area contributed by atoms with E-state index in [9.17, 15) is 9.59 Å². The van der Waals surface area contributed by atoms with E-state index in [1.807, 2.05) is 6.07 Å². The molecule has 2 N–H and O–H groups in total. The standard InChI is InChI=1S/C17H15NO6/c19-15(20)9-22-12-4-1-3-11(7-12)8-18-17(21)13-5-2-6-14-16(13)24-10-23-14/h1-7H,8-10H2,(H,18,21)(H,19,20). The van der Waals surface area contributed by atoms with Crippen molar-refractivity contribution in [2.75, 3.05) is 13.4 Å². The van der Waals surface area contributed by atoms with E-state index in [0.717, 1.165) is 5.56 Å². The summed E-state index contributed by atoms with van der Waals surface area (Å²) >= 11 is 0. The van der Waals surface area contributed by atoms with Crippen molar-refractivity contribution in [3.05, 3.63) is 53.6 Å². The van der Waals surface area contributed by atoms with Crippen LogP contribution in [-0.2, 0) is 11.3 Å². The number of carboxylic acids is 1. The molecule has 3 rings (SSSR count). The lowest BCUT2D eigenvalue weighted by Gasteiger charge is -2.09. The second-order valence-electron chi connectivity index (χ2n) is 5.05. The first-order chi connectivity index (χ1) is 11.6. The molecule has 1 aliphatic rings. The van der Waals surface area contributed by atoms with Crippen LogP contribution in [0.2, 0.25) is 0 Å². The van der Waals surface area contributed by atoms with Crippen LogP contribution in [0, 0.1) is 0 Å². The molecule has 124 valence electrons. The van der Waals surface area contributed by atoms with Gasteiger partial charge in [0.05, 0.1) is 5.56 Å². The molecule has 0 radical (unpaired) electrons. The maximum atomic E-state index is 12.3. The van der Waals surface area contributed by atoms with E-state index < -0.39 is 12.6 Å². The summed E-state index contributed by atoms with van der Waals surface area (Å²) in [6, 6.07) is 12.0. The summed E-state index contributed by atoms with van der Waals surface area (Å²) < 4.78 is 15.7. The molecule has 2 aromatic carbocycles. The zero-order chi connectivity index (χ0) is 16.9. The number of carbonyl (C=O) groups excluding carboxylic acids is 1. The van der Waals surface area contributed by atoms with Crippen molar-refractivity contribution in [3.8, 4) is 17.2 Å². The lowest BCUT2D eigenvalue weighted by molar-refractivity contribution is -0.139. The second-order valence-corrected chi connectivity index (χ2v) is 5.05. The van der Waals surface area contributed by atoms with Gasteiger partial charge in [0.2, 0.25) is 6.79 Å². The fourth-order valence-electron chi connectivity index (χ4n) is 2.28. The molecule has 0 spiro atoms. The highest BCUT2D eigenvalue weighted by Crippen LogP contribution is 2.35. The summed E-state index contributed by atoms with van der Waals surface area (Å²) in [6.07, 6.45) is 0. The van der Waals surface area contributed by atoms with E-state index in [1.165, 1.54) is 0 Å². The number of hydrogen-bond donors (Lipinski definition) is 2. The molecule has 7 nitrogen and oxygen atoms in total. The first-order valence-electron chi connectivity index (χ1n) is 7.24. The summed E-state index contributed by atoms with van der Waals surface area (Å²) in [6.45, 7) is -0.0421. The van der Waals surface area contributed by atoms with Gasteiger partial charge in [-0.2, -0.15) is 0 Å². The monoisotopic (exact) mass is 329 g/mol. The van der Waals surface area contributed by atoms with Crippen LogP contribution in [0.25, 0.3) is 0 Å². The molecule has 0 saturated heterocycles. The molecular formula is C17H15NO6. The Hall–Kier alpha value is -3.22. The lowest BCUT2D eigenvalue weighted by atomic mass is 10.1. The Morgan fingerprint density at radius 1 is 1.17 bits per heavy atom. The van der Waals surface area contributed by atoms with Crippen molar-refractivity contribution in [1.29, 1.82) is 0 Å². The van der Waals surface area contributed by atoms with Gasteiger partial charge in [0.25, 0.3) is 5.91 Å². The van der Waals surface area contributed by atoms with Gasteiger partial charge >= 0.3 is 5.97 Å². The van der Waals surface area contributed by atoms with Gasteiger partial charge in [-0.15, -0.1) is 0 Å². The van der Waals surface area contributed by atoms with Crippen molar-refractivity contribution in [1.82, 2.24) is 5.32 Å². The van der Waals surface area contributed by atoms with E-state index in [0.29, 0.717) is 22.8 Å². The van der Waals surface area contributed by atoms with Crippen LogP contribution in [0.4, 0.5) is 0 Å². The third-order valence-corrected chi connectivity index (χ3v) is 3.36. The Bertz CT molecular complexity index is 773. The minimum absolute atomic E-state index is 0.0998. The summed E-state index contributed by atoms with van der Waals surface area (Å²) in [5, 5.41) is 11.4. The number of fused-ring (bicyclic) bond motifs is 1. The van der Waals surface area contributed by atoms with Crippen LogP contribution in [0.15, 0.2) is 42.5 Å². The maximum absolute atomic E-state index is 12.3. The van der Waals surface area contributed by atoms with Gasteiger partial charge in [-0.3, -0.25) is 4.79 Å². The summed E-state index contributed by atoms with van der Waals surface area (Å²) in [7, 11) is 0. The Labute approximate surface area is 137 Å². The van der Waals surface area contributed by atoms with Crippen LogP contribution >= 0.6 is 0 Å². The third-order valence-electron chi connectivity index (χ3n) is 3.36. The molecular weight excluding hydrogens is 314 g/mol. The fraction of sp³-hybridized carbons (Fsp3) is 0.176. The van der Waals surface area contributed by atoms with Gasteiger partial charge < -0.3 is 24.6 Å². The molecule has 0 aromatic heterocycles. The summed E-state index contributed by atoms with van der Waals surface area (Å²) in [5.41, 5.74) is 1.19. The van der Waals surface area contributed by atoms with Crippen molar-refractivity contribution in [3.63, 3.8) is 0 Å². The number of para-hydroxylation sites is 1. The average molecular weight is 329 g/mol. The smallest absolute Gasteiger partial charge is 0.341 e. The van der Waals surface area contributed by atoms with Crippen molar-refractivity contribution in [2.45, 2.75) is 6.54 Å². The number of benzene rings is 2. The Kier molecular flexibility index (Phi) is 4.51. The molecule has 2 aromatic rings. The van der Waals surface area contributed by atoms with Crippen LogP contribution in [0.1, 0.15) is 15.9 Å². The van der Waals surface area contributed by atoms with E-state index in [1.54, 1.807) is 36.4 Å². The number of carbonyl (C=O) groups is 2.